The number of carbonyl (C=O) groups is 3. The highest BCUT2D eigenvalue weighted by molar-refractivity contribution is 5.90. The fourth-order valence-electron chi connectivity index (χ4n) is 4.82. The zero-order valence-electron chi connectivity index (χ0n) is 19.2. The lowest BCUT2D eigenvalue weighted by atomic mass is 9.98. The maximum absolute atomic E-state index is 13.1. The molecule has 3 N–H and O–H groups in total. The Morgan fingerprint density at radius 1 is 1.09 bits per heavy atom. The van der Waals surface area contributed by atoms with E-state index in [9.17, 15) is 24.6 Å². The van der Waals surface area contributed by atoms with Crippen LogP contribution in [0.1, 0.15) is 23.5 Å². The van der Waals surface area contributed by atoms with Crippen LogP contribution in [0.25, 0.3) is 11.1 Å². The monoisotopic (exact) mass is 467 g/mol. The molecule has 2 aliphatic rings. The van der Waals surface area contributed by atoms with Crippen LogP contribution in [-0.4, -0.2) is 90.0 Å². The second-order valence-electron chi connectivity index (χ2n) is 9.02. The van der Waals surface area contributed by atoms with Crippen molar-refractivity contribution >= 4 is 18.0 Å². The molecule has 0 radical (unpaired) electrons. The minimum atomic E-state index is -1.19. The number of aliphatic hydroxyl groups is 1. The molecule has 1 aliphatic heterocycles. The second kappa shape index (κ2) is 9.82. The zero-order chi connectivity index (χ0) is 24.4. The van der Waals surface area contributed by atoms with Crippen molar-refractivity contribution in [1.29, 1.82) is 0 Å². The van der Waals surface area contributed by atoms with E-state index in [0.717, 1.165) is 27.2 Å². The van der Waals surface area contributed by atoms with Crippen molar-refractivity contribution in [2.45, 2.75) is 30.5 Å². The summed E-state index contributed by atoms with van der Waals surface area (Å²) in [7, 11) is 3.49. The average molecular weight is 468 g/mol. The third-order valence-electron chi connectivity index (χ3n) is 6.33. The third kappa shape index (κ3) is 4.76. The molecule has 2 aromatic carbocycles. The highest BCUT2D eigenvalue weighted by atomic mass is 16.5. The Morgan fingerprint density at radius 2 is 1.68 bits per heavy atom. The number of ether oxygens (including phenoxy) is 1. The quantitative estimate of drug-likeness (QED) is 0.565. The van der Waals surface area contributed by atoms with Crippen LogP contribution < -0.4 is 5.32 Å². The summed E-state index contributed by atoms with van der Waals surface area (Å²) in [6, 6.07) is 13.8. The number of fused-ring (bicyclic) bond motifs is 3. The Morgan fingerprint density at radius 3 is 2.24 bits per heavy atom. The van der Waals surface area contributed by atoms with Gasteiger partial charge in [0.2, 0.25) is 5.91 Å². The van der Waals surface area contributed by atoms with Crippen LogP contribution in [0.4, 0.5) is 4.79 Å². The Hall–Kier alpha value is -3.43. The second-order valence-corrected chi connectivity index (χ2v) is 9.02. The summed E-state index contributed by atoms with van der Waals surface area (Å²) >= 11 is 0. The number of carbonyl (C=O) groups excluding carboxylic acids is 2. The van der Waals surface area contributed by atoms with E-state index in [-0.39, 0.29) is 32.0 Å². The molecule has 4 rings (SSSR count). The minimum Gasteiger partial charge on any atom is -0.480 e. The number of rotatable bonds is 7. The van der Waals surface area contributed by atoms with Gasteiger partial charge in [-0.3, -0.25) is 4.79 Å². The van der Waals surface area contributed by atoms with Crippen LogP contribution in [-0.2, 0) is 14.3 Å². The molecule has 180 valence electrons. The predicted octanol–water partition coefficient (Wildman–Crippen LogP) is 1.50. The van der Waals surface area contributed by atoms with Gasteiger partial charge in [0.1, 0.15) is 18.7 Å². The highest BCUT2D eigenvalue weighted by Crippen LogP contribution is 2.44. The average Bonchev–Trinajstić information content (AvgIpc) is 3.35. The molecule has 2 aromatic rings. The van der Waals surface area contributed by atoms with E-state index in [1.807, 2.05) is 48.5 Å². The van der Waals surface area contributed by atoms with Crippen LogP contribution >= 0.6 is 0 Å². The normalized spacial score (nSPS) is 20.1. The minimum absolute atomic E-state index is 0.0410. The number of aliphatic carboxylic acids is 1. The lowest BCUT2D eigenvalue weighted by Crippen LogP contribution is -2.55. The summed E-state index contributed by atoms with van der Waals surface area (Å²) in [5.74, 6) is -1.87. The summed E-state index contributed by atoms with van der Waals surface area (Å²) in [4.78, 5) is 40.2. The molecule has 1 saturated heterocycles. The fourth-order valence-corrected chi connectivity index (χ4v) is 4.82. The van der Waals surface area contributed by atoms with E-state index in [0.29, 0.717) is 0 Å². The molecule has 1 aliphatic carbocycles. The van der Waals surface area contributed by atoms with Crippen LogP contribution in [0.3, 0.4) is 0 Å². The number of amides is 2. The van der Waals surface area contributed by atoms with Crippen molar-refractivity contribution in [2.24, 2.45) is 0 Å². The number of likely N-dealkylation sites (N-methyl/N-ethyl adjacent to an activating group) is 1. The van der Waals surface area contributed by atoms with E-state index in [4.69, 9.17) is 4.74 Å². The fraction of sp³-hybridized carbons (Fsp3) is 0.400. The number of β-amino-alcohol motifs (C(OH)–C–C–N with tert-alkyl or cyclic N) is 1. The third-order valence-corrected chi connectivity index (χ3v) is 6.33. The first-order chi connectivity index (χ1) is 16.3. The molecule has 34 heavy (non-hydrogen) atoms. The Bertz CT molecular complexity index is 1040. The molecule has 9 nitrogen and oxygen atoms in total. The summed E-state index contributed by atoms with van der Waals surface area (Å²) < 4.78 is 5.55. The zero-order valence-corrected chi connectivity index (χ0v) is 19.2. The number of nitrogens with zero attached hydrogens (tertiary/aromatic N) is 2. The highest BCUT2D eigenvalue weighted by Gasteiger charge is 2.42. The predicted molar refractivity (Wildman–Crippen MR) is 124 cm³/mol. The topological polar surface area (TPSA) is 119 Å². The maximum Gasteiger partial charge on any atom is 0.407 e. The summed E-state index contributed by atoms with van der Waals surface area (Å²) in [5.41, 5.74) is 4.38. The lowest BCUT2D eigenvalue weighted by molar-refractivity contribution is -0.149. The first-order valence-corrected chi connectivity index (χ1v) is 11.2. The number of alkyl carbamates (subject to hydrolysis) is 1. The Balaban J connectivity index is 1.45. The molecular weight excluding hydrogens is 438 g/mol. The molecule has 9 heteroatoms. The number of aliphatic hydroxyl groups excluding tert-OH is 1. The number of hydrogen-bond donors (Lipinski definition) is 3. The number of carboxylic acids is 1. The Labute approximate surface area is 197 Å². The van der Waals surface area contributed by atoms with Crippen LogP contribution in [0, 0.1) is 0 Å². The number of likely N-dealkylation sites (tertiary alicyclic amines) is 1. The molecule has 2 amide bonds. The Kier molecular flexibility index (Phi) is 6.85. The van der Waals surface area contributed by atoms with Gasteiger partial charge in [0.15, 0.2) is 0 Å². The van der Waals surface area contributed by atoms with Crippen molar-refractivity contribution in [2.75, 3.05) is 33.8 Å². The van der Waals surface area contributed by atoms with Gasteiger partial charge in [0.25, 0.3) is 0 Å². The van der Waals surface area contributed by atoms with Gasteiger partial charge in [0, 0.05) is 25.4 Å². The van der Waals surface area contributed by atoms with Crippen molar-refractivity contribution in [3.63, 3.8) is 0 Å². The van der Waals surface area contributed by atoms with Crippen molar-refractivity contribution in [1.82, 2.24) is 15.1 Å². The lowest BCUT2D eigenvalue weighted by Gasteiger charge is -2.28. The smallest absolute Gasteiger partial charge is 0.407 e. The van der Waals surface area contributed by atoms with Gasteiger partial charge in [-0.15, -0.1) is 0 Å². The van der Waals surface area contributed by atoms with Gasteiger partial charge in [-0.25, -0.2) is 9.59 Å². The van der Waals surface area contributed by atoms with Crippen molar-refractivity contribution in [3.05, 3.63) is 59.7 Å². The standard InChI is InChI=1S/C25H29N3O6/c1-27(2)13-21(23(30)28-12-15(29)11-22(28)24(31)32)26-25(33)34-14-20-18-9-5-3-7-16(18)17-8-4-6-10-19(17)20/h3-10,15,20-22,29H,11-14H2,1-2H3,(H,26,33)(H,31,32)/t15?,21?,22-/m0/s1. The number of carboxylic acid groups (broad SMARTS) is 1. The molecule has 1 fully saturated rings. The van der Waals surface area contributed by atoms with E-state index < -0.39 is 36.2 Å². The van der Waals surface area contributed by atoms with Gasteiger partial charge < -0.3 is 30.1 Å². The summed E-state index contributed by atoms with van der Waals surface area (Å²) in [5, 5.41) is 21.9. The molecule has 2 unspecified atom stereocenters. The van der Waals surface area contributed by atoms with Crippen LogP contribution in [0.5, 0.6) is 0 Å². The first-order valence-electron chi connectivity index (χ1n) is 11.2. The molecule has 0 aromatic heterocycles. The molecule has 0 saturated carbocycles. The van der Waals surface area contributed by atoms with Gasteiger partial charge in [-0.05, 0) is 36.3 Å². The largest absolute Gasteiger partial charge is 0.480 e. The molecule has 0 spiro atoms. The van der Waals surface area contributed by atoms with E-state index in [2.05, 4.69) is 5.32 Å². The number of nitrogens with one attached hydrogen (secondary N) is 1. The summed E-state index contributed by atoms with van der Waals surface area (Å²) in [6.45, 7) is 0.164. The maximum atomic E-state index is 13.1. The first kappa shape index (κ1) is 23.7. The SMILES string of the molecule is CN(C)CC(NC(=O)OCC1c2ccccc2-c2ccccc21)C(=O)N1CC(O)C[C@H]1C(=O)O. The van der Waals surface area contributed by atoms with Crippen LogP contribution in [0.2, 0.25) is 0 Å². The van der Waals surface area contributed by atoms with Gasteiger partial charge in [-0.1, -0.05) is 48.5 Å². The van der Waals surface area contributed by atoms with Crippen molar-refractivity contribution in [3.8, 4) is 11.1 Å². The van der Waals surface area contributed by atoms with Gasteiger partial charge >= 0.3 is 12.1 Å². The molecule has 1 heterocycles. The van der Waals surface area contributed by atoms with E-state index in [1.54, 1.807) is 19.0 Å². The molecule has 0 bridgehead atoms. The molecule has 3 atom stereocenters. The van der Waals surface area contributed by atoms with E-state index >= 15 is 0 Å². The van der Waals surface area contributed by atoms with Crippen molar-refractivity contribution < 1.29 is 29.3 Å². The van der Waals surface area contributed by atoms with Crippen LogP contribution in [0.15, 0.2) is 48.5 Å². The van der Waals surface area contributed by atoms with Gasteiger partial charge in [0.05, 0.1) is 6.10 Å². The number of hydrogen-bond acceptors (Lipinski definition) is 6. The van der Waals surface area contributed by atoms with E-state index in [1.165, 1.54) is 0 Å². The molecular formula is C25H29N3O6. The van der Waals surface area contributed by atoms with Gasteiger partial charge in [-0.2, -0.15) is 0 Å². The summed E-state index contributed by atoms with van der Waals surface area (Å²) in [6.07, 6.45) is -1.71. The number of benzene rings is 2.